The van der Waals surface area contributed by atoms with Crippen LogP contribution in [0.25, 0.3) is 0 Å². The van der Waals surface area contributed by atoms with E-state index in [0.717, 1.165) is 0 Å². The lowest BCUT2D eigenvalue weighted by Crippen LogP contribution is -2.30. The summed E-state index contributed by atoms with van der Waals surface area (Å²) in [6, 6.07) is 10.8. The van der Waals surface area contributed by atoms with Crippen LogP contribution in [0.15, 0.2) is 42.5 Å². The predicted octanol–water partition coefficient (Wildman–Crippen LogP) is 4.83. The fourth-order valence-electron chi connectivity index (χ4n) is 1.70. The molecule has 120 valence electrons. The van der Waals surface area contributed by atoms with Gasteiger partial charge in [0.05, 0.1) is 16.3 Å². The molecule has 1 atom stereocenters. The van der Waals surface area contributed by atoms with Crippen molar-refractivity contribution < 1.29 is 14.3 Å². The van der Waals surface area contributed by atoms with Crippen molar-refractivity contribution >= 4 is 52.4 Å². The van der Waals surface area contributed by atoms with E-state index in [1.807, 2.05) is 0 Å². The summed E-state index contributed by atoms with van der Waals surface area (Å²) in [6.45, 7) is 1.46. The standard InChI is InChI=1S/C16H12Cl3NO3/c1-9(23-16(22)10-2-4-11(17)5-3-10)15(21)20-14-8-12(18)6-7-13(14)19/h2-9H,1H3,(H,20,21)/t9-/m1/s1. The van der Waals surface area contributed by atoms with E-state index in [2.05, 4.69) is 5.32 Å². The average Bonchev–Trinajstić information content (AvgIpc) is 2.51. The SMILES string of the molecule is C[C@@H](OC(=O)c1ccc(Cl)cc1)C(=O)Nc1cc(Cl)ccc1Cl. The van der Waals surface area contributed by atoms with E-state index in [9.17, 15) is 9.59 Å². The highest BCUT2D eigenvalue weighted by Crippen LogP contribution is 2.25. The van der Waals surface area contributed by atoms with E-state index < -0.39 is 18.0 Å². The van der Waals surface area contributed by atoms with Gasteiger partial charge in [0.1, 0.15) is 0 Å². The lowest BCUT2D eigenvalue weighted by molar-refractivity contribution is -0.123. The minimum absolute atomic E-state index is 0.301. The van der Waals surface area contributed by atoms with Crippen LogP contribution in [0.2, 0.25) is 15.1 Å². The van der Waals surface area contributed by atoms with Crippen molar-refractivity contribution in [1.29, 1.82) is 0 Å². The summed E-state index contributed by atoms with van der Waals surface area (Å²) in [6.07, 6.45) is -1.01. The number of esters is 1. The van der Waals surface area contributed by atoms with Gasteiger partial charge in [0.15, 0.2) is 6.10 Å². The fourth-order valence-corrected chi connectivity index (χ4v) is 2.16. The van der Waals surface area contributed by atoms with Crippen molar-refractivity contribution in [2.75, 3.05) is 5.32 Å². The molecule has 0 aliphatic carbocycles. The number of benzene rings is 2. The van der Waals surface area contributed by atoms with Gasteiger partial charge in [-0.25, -0.2) is 4.79 Å². The highest BCUT2D eigenvalue weighted by atomic mass is 35.5. The monoisotopic (exact) mass is 371 g/mol. The van der Waals surface area contributed by atoms with Crippen LogP contribution < -0.4 is 5.32 Å². The third-order valence-electron chi connectivity index (χ3n) is 2.92. The van der Waals surface area contributed by atoms with Gasteiger partial charge in [-0.2, -0.15) is 0 Å². The Hall–Kier alpha value is -1.75. The molecule has 0 aliphatic heterocycles. The highest BCUT2D eigenvalue weighted by molar-refractivity contribution is 6.35. The quantitative estimate of drug-likeness (QED) is 0.782. The van der Waals surface area contributed by atoms with E-state index in [-0.39, 0.29) is 0 Å². The van der Waals surface area contributed by atoms with Crippen molar-refractivity contribution in [1.82, 2.24) is 0 Å². The first kappa shape index (κ1) is 17.6. The molecule has 0 fully saturated rings. The Labute approximate surface area is 148 Å². The second-order valence-corrected chi connectivity index (χ2v) is 5.95. The molecule has 2 aromatic rings. The van der Waals surface area contributed by atoms with Crippen LogP contribution in [-0.4, -0.2) is 18.0 Å². The maximum Gasteiger partial charge on any atom is 0.338 e. The van der Waals surface area contributed by atoms with E-state index >= 15 is 0 Å². The smallest absolute Gasteiger partial charge is 0.338 e. The van der Waals surface area contributed by atoms with E-state index in [4.69, 9.17) is 39.5 Å². The van der Waals surface area contributed by atoms with Crippen molar-refractivity contribution in [3.05, 3.63) is 63.1 Å². The summed E-state index contributed by atoms with van der Waals surface area (Å²) in [4.78, 5) is 24.0. The summed E-state index contributed by atoms with van der Waals surface area (Å²) in [7, 11) is 0. The lowest BCUT2D eigenvalue weighted by Gasteiger charge is -2.14. The number of hydrogen-bond acceptors (Lipinski definition) is 3. The zero-order chi connectivity index (χ0) is 17.0. The molecule has 0 saturated heterocycles. The minimum atomic E-state index is -1.01. The Balaban J connectivity index is 2.01. The Morgan fingerprint density at radius 2 is 1.61 bits per heavy atom. The number of carbonyl (C=O) groups is 2. The van der Waals surface area contributed by atoms with Gasteiger partial charge in [-0.3, -0.25) is 4.79 Å². The van der Waals surface area contributed by atoms with Crippen LogP contribution in [0, 0.1) is 0 Å². The number of hydrogen-bond donors (Lipinski definition) is 1. The summed E-state index contributed by atoms with van der Waals surface area (Å²) in [5.41, 5.74) is 0.647. The molecule has 0 bridgehead atoms. The first-order chi connectivity index (χ1) is 10.9. The Kier molecular flexibility index (Phi) is 5.88. The van der Waals surface area contributed by atoms with Gasteiger partial charge in [-0.05, 0) is 49.4 Å². The maximum atomic E-state index is 12.1. The second-order valence-electron chi connectivity index (χ2n) is 4.67. The fraction of sp³-hybridized carbons (Fsp3) is 0.125. The summed E-state index contributed by atoms with van der Waals surface area (Å²) < 4.78 is 5.11. The van der Waals surface area contributed by atoms with Gasteiger partial charge in [-0.1, -0.05) is 34.8 Å². The van der Waals surface area contributed by atoms with Crippen molar-refractivity contribution in [3.63, 3.8) is 0 Å². The number of halogens is 3. The van der Waals surface area contributed by atoms with Crippen molar-refractivity contribution in [2.24, 2.45) is 0 Å². The van der Waals surface area contributed by atoms with Crippen LogP contribution in [0.3, 0.4) is 0 Å². The molecule has 0 aromatic heterocycles. The number of nitrogens with one attached hydrogen (secondary N) is 1. The largest absolute Gasteiger partial charge is 0.449 e. The first-order valence-electron chi connectivity index (χ1n) is 6.59. The molecule has 0 heterocycles. The van der Waals surface area contributed by atoms with Crippen molar-refractivity contribution in [2.45, 2.75) is 13.0 Å². The molecule has 0 spiro atoms. The summed E-state index contributed by atoms with van der Waals surface area (Å²) >= 11 is 17.6. The molecule has 23 heavy (non-hydrogen) atoms. The zero-order valence-corrected chi connectivity index (χ0v) is 14.2. The maximum absolute atomic E-state index is 12.1. The van der Waals surface area contributed by atoms with Gasteiger partial charge >= 0.3 is 5.97 Å². The summed E-state index contributed by atoms with van der Waals surface area (Å²) in [5.74, 6) is -1.14. The second kappa shape index (κ2) is 7.68. The van der Waals surface area contributed by atoms with Crippen LogP contribution in [-0.2, 0) is 9.53 Å². The molecule has 1 amide bonds. The number of rotatable bonds is 4. The van der Waals surface area contributed by atoms with E-state index in [0.29, 0.717) is 26.3 Å². The Morgan fingerprint density at radius 1 is 1.00 bits per heavy atom. The van der Waals surface area contributed by atoms with Gasteiger partial charge in [0.2, 0.25) is 0 Å². The molecule has 2 aromatic carbocycles. The predicted molar refractivity (Wildman–Crippen MR) is 91.4 cm³/mol. The van der Waals surface area contributed by atoms with Crippen LogP contribution in [0.4, 0.5) is 5.69 Å². The molecule has 0 saturated carbocycles. The molecule has 1 N–H and O–H groups in total. The molecular weight excluding hydrogens is 361 g/mol. The number of anilines is 1. The van der Waals surface area contributed by atoms with Crippen LogP contribution >= 0.6 is 34.8 Å². The van der Waals surface area contributed by atoms with Crippen LogP contribution in [0.5, 0.6) is 0 Å². The highest BCUT2D eigenvalue weighted by Gasteiger charge is 2.20. The van der Waals surface area contributed by atoms with E-state index in [1.165, 1.54) is 25.1 Å². The van der Waals surface area contributed by atoms with Crippen LogP contribution in [0.1, 0.15) is 17.3 Å². The van der Waals surface area contributed by atoms with Crippen molar-refractivity contribution in [3.8, 4) is 0 Å². The molecule has 0 unspecified atom stereocenters. The molecular formula is C16H12Cl3NO3. The number of ether oxygens (including phenoxy) is 1. The van der Waals surface area contributed by atoms with Gasteiger partial charge in [-0.15, -0.1) is 0 Å². The lowest BCUT2D eigenvalue weighted by atomic mass is 10.2. The molecule has 4 nitrogen and oxygen atoms in total. The topological polar surface area (TPSA) is 55.4 Å². The number of amides is 1. The minimum Gasteiger partial charge on any atom is -0.449 e. The Bertz CT molecular complexity index is 732. The molecule has 2 rings (SSSR count). The third-order valence-corrected chi connectivity index (χ3v) is 3.74. The summed E-state index contributed by atoms with van der Waals surface area (Å²) in [5, 5.41) is 3.82. The Morgan fingerprint density at radius 3 is 2.26 bits per heavy atom. The van der Waals surface area contributed by atoms with E-state index in [1.54, 1.807) is 24.3 Å². The van der Waals surface area contributed by atoms with Gasteiger partial charge < -0.3 is 10.1 Å². The normalized spacial score (nSPS) is 11.7. The van der Waals surface area contributed by atoms with Gasteiger partial charge in [0, 0.05) is 10.0 Å². The molecule has 7 heteroatoms. The molecule has 0 aliphatic rings. The zero-order valence-electron chi connectivity index (χ0n) is 12.0. The first-order valence-corrected chi connectivity index (χ1v) is 7.72. The third kappa shape index (κ3) is 4.86. The number of carbonyl (C=O) groups excluding carboxylic acids is 2. The van der Waals surface area contributed by atoms with Gasteiger partial charge in [0.25, 0.3) is 5.91 Å². The molecule has 0 radical (unpaired) electrons. The average molecular weight is 373 g/mol.